The molecule has 0 unspecified atom stereocenters. The molecule has 0 bridgehead atoms. The Morgan fingerprint density at radius 3 is 2.00 bits per heavy atom. The smallest absolute Gasteiger partial charge is 0.338 e. The zero-order valence-corrected chi connectivity index (χ0v) is 13.9. The van der Waals surface area contributed by atoms with Crippen LogP contribution in [0.4, 0.5) is 4.39 Å². The summed E-state index contributed by atoms with van der Waals surface area (Å²) in [7, 11) is 5.85. The molecule has 3 atom stereocenters. The fourth-order valence-electron chi connectivity index (χ4n) is 2.17. The number of carbonyl (C=O) groups excluding carboxylic acids is 2. The Morgan fingerprint density at radius 1 is 1.00 bits per heavy atom. The van der Waals surface area contributed by atoms with Crippen molar-refractivity contribution in [3.05, 3.63) is 71.8 Å². The van der Waals surface area contributed by atoms with Crippen molar-refractivity contribution in [2.75, 3.05) is 6.61 Å². The van der Waals surface area contributed by atoms with Crippen LogP contribution in [0.3, 0.4) is 0 Å². The Morgan fingerprint density at radius 2 is 1.50 bits per heavy atom. The monoisotopic (exact) mass is 353 g/mol. The lowest BCUT2D eigenvalue weighted by atomic mass is 9.81. The first-order valence-corrected chi connectivity index (χ1v) is 7.91. The average Bonchev–Trinajstić information content (AvgIpc) is 2.70. The van der Waals surface area contributed by atoms with Crippen molar-refractivity contribution < 1.29 is 23.5 Å². The summed E-state index contributed by atoms with van der Waals surface area (Å²) >= 11 is 0. The molecule has 0 amide bonds. The van der Waals surface area contributed by atoms with E-state index in [1.807, 2.05) is 0 Å². The van der Waals surface area contributed by atoms with Gasteiger partial charge in [-0.25, -0.2) is 14.0 Å². The van der Waals surface area contributed by atoms with Gasteiger partial charge in [-0.3, -0.25) is 0 Å². The van der Waals surface area contributed by atoms with Gasteiger partial charge in [-0.1, -0.05) is 36.4 Å². The van der Waals surface area contributed by atoms with Crippen LogP contribution in [0, 0.1) is 5.41 Å². The third kappa shape index (κ3) is 5.27. The van der Waals surface area contributed by atoms with Crippen LogP contribution in [-0.4, -0.2) is 44.9 Å². The maximum absolute atomic E-state index is 14.0. The molecule has 2 aromatic carbocycles. The minimum atomic E-state index is -1.92. The summed E-state index contributed by atoms with van der Waals surface area (Å²) in [5.74, 6) is -2.53. The topological polar surface area (TPSA) is 76.5 Å². The normalized spacial score (nSPS) is 13.9. The van der Waals surface area contributed by atoms with Gasteiger partial charge in [0.2, 0.25) is 0 Å². The minimum Gasteiger partial charge on any atom is -0.462 e. The number of ether oxygens (including phenoxy) is 2. The molecule has 2 aromatic rings. The van der Waals surface area contributed by atoms with E-state index in [9.17, 15) is 14.0 Å². The van der Waals surface area contributed by atoms with Crippen molar-refractivity contribution in [2.24, 2.45) is 0 Å². The van der Waals surface area contributed by atoms with Crippen molar-refractivity contribution in [3.63, 3.8) is 0 Å². The second-order valence-electron chi connectivity index (χ2n) is 5.48. The van der Waals surface area contributed by atoms with E-state index in [1.54, 1.807) is 48.5 Å². The summed E-state index contributed by atoms with van der Waals surface area (Å²) in [5, 5.41) is 7.08. The van der Waals surface area contributed by atoms with Gasteiger partial charge < -0.3 is 14.9 Å². The molecule has 0 aliphatic rings. The number of esters is 2. The second kappa shape index (κ2) is 9.51. The van der Waals surface area contributed by atoms with E-state index >= 15 is 0 Å². The molecule has 0 saturated heterocycles. The van der Waals surface area contributed by atoms with E-state index in [1.165, 1.54) is 12.1 Å². The number of rotatable bonds is 8. The van der Waals surface area contributed by atoms with Gasteiger partial charge in [0, 0.05) is 6.21 Å². The highest BCUT2D eigenvalue weighted by Gasteiger charge is 2.30. The Kier molecular flexibility index (Phi) is 7.08. The number of hydrogen-bond donors (Lipinski definition) is 1. The first-order valence-electron chi connectivity index (χ1n) is 7.91. The van der Waals surface area contributed by atoms with E-state index in [0.717, 1.165) is 0 Å². The van der Waals surface area contributed by atoms with Gasteiger partial charge in [0.15, 0.2) is 6.17 Å². The van der Waals surface area contributed by atoms with Crippen molar-refractivity contribution in [3.8, 4) is 0 Å². The average molecular weight is 353 g/mol. The van der Waals surface area contributed by atoms with E-state index in [2.05, 4.69) is 0 Å². The number of halogens is 1. The molecular formula is C19H17BFNO4. The van der Waals surface area contributed by atoms with E-state index in [4.69, 9.17) is 22.7 Å². The van der Waals surface area contributed by atoms with Gasteiger partial charge in [-0.05, 0) is 30.1 Å². The van der Waals surface area contributed by atoms with Gasteiger partial charge in [0.05, 0.1) is 25.6 Å². The highest BCUT2D eigenvalue weighted by molar-refractivity contribution is 6.12. The predicted molar refractivity (Wildman–Crippen MR) is 95.6 cm³/mol. The summed E-state index contributed by atoms with van der Waals surface area (Å²) in [6.45, 7) is -0.366. The summed E-state index contributed by atoms with van der Waals surface area (Å²) in [5.41, 5.74) is 0.546. The lowest BCUT2D eigenvalue weighted by Gasteiger charge is -2.25. The fraction of sp³-hybridized carbons (Fsp3) is 0.211. The van der Waals surface area contributed by atoms with Gasteiger partial charge >= 0.3 is 11.9 Å². The van der Waals surface area contributed by atoms with E-state index in [0.29, 0.717) is 11.8 Å². The number of nitrogens with one attached hydrogen (secondary N) is 1. The van der Waals surface area contributed by atoms with Crippen molar-refractivity contribution in [1.29, 1.82) is 5.41 Å². The Balaban J connectivity index is 2.00. The van der Waals surface area contributed by atoms with Crippen LogP contribution < -0.4 is 0 Å². The van der Waals surface area contributed by atoms with Crippen LogP contribution >= 0.6 is 0 Å². The maximum Gasteiger partial charge on any atom is 0.338 e. The first-order chi connectivity index (χ1) is 12.5. The van der Waals surface area contributed by atoms with Crippen LogP contribution in [0.2, 0.25) is 5.82 Å². The zero-order chi connectivity index (χ0) is 18.9. The molecule has 2 rings (SSSR count). The van der Waals surface area contributed by atoms with Crippen LogP contribution in [0.15, 0.2) is 60.7 Å². The highest BCUT2D eigenvalue weighted by Crippen LogP contribution is 2.20. The van der Waals surface area contributed by atoms with Gasteiger partial charge in [-0.15, -0.1) is 0 Å². The number of hydrogen-bond acceptors (Lipinski definition) is 5. The van der Waals surface area contributed by atoms with Crippen LogP contribution in [-0.2, 0) is 9.47 Å². The van der Waals surface area contributed by atoms with E-state index in [-0.39, 0.29) is 12.2 Å². The fourth-order valence-corrected chi connectivity index (χ4v) is 2.17. The molecule has 7 heteroatoms. The molecule has 0 spiro atoms. The van der Waals surface area contributed by atoms with Crippen molar-refractivity contribution in [2.45, 2.75) is 18.1 Å². The summed E-state index contributed by atoms with van der Waals surface area (Å²) < 4.78 is 24.2. The lowest BCUT2D eigenvalue weighted by molar-refractivity contribution is 0.00590. The van der Waals surface area contributed by atoms with Gasteiger partial charge in [0.25, 0.3) is 0 Å². The largest absolute Gasteiger partial charge is 0.462 e. The molecule has 26 heavy (non-hydrogen) atoms. The Labute approximate surface area is 152 Å². The molecule has 0 aromatic heterocycles. The number of carbonyl (C=O) groups is 2. The molecule has 0 aliphatic carbocycles. The molecule has 0 fully saturated rings. The van der Waals surface area contributed by atoms with Crippen LogP contribution in [0.5, 0.6) is 0 Å². The third-order valence-corrected chi connectivity index (χ3v) is 3.56. The summed E-state index contributed by atoms with van der Waals surface area (Å²) in [6.07, 6.45) is -2.89. The van der Waals surface area contributed by atoms with Crippen LogP contribution in [0.1, 0.15) is 20.7 Å². The Hall–Kier alpha value is -2.96. The minimum absolute atomic E-state index is 0.225. The summed E-state index contributed by atoms with van der Waals surface area (Å²) in [4.78, 5) is 24.0. The molecule has 5 nitrogen and oxygen atoms in total. The van der Waals surface area contributed by atoms with Crippen molar-refractivity contribution in [1.82, 2.24) is 0 Å². The maximum atomic E-state index is 14.0. The Bertz CT molecular complexity index is 742. The molecular weight excluding hydrogens is 336 g/mol. The zero-order valence-electron chi connectivity index (χ0n) is 13.9. The standard InChI is InChI=1S/C19H17BFNO4/c20-15(12-25-18(23)13-7-3-1-4-8-13)17(16(21)11-22)26-19(24)14-9-5-2-6-10-14/h1-11,15-17,22H,12H2/t15-,16-,17-/m1/s1. The predicted octanol–water partition coefficient (Wildman–Crippen LogP) is 3.01. The second-order valence-corrected chi connectivity index (χ2v) is 5.48. The molecule has 132 valence electrons. The first kappa shape index (κ1) is 19.4. The van der Waals surface area contributed by atoms with Crippen molar-refractivity contribution >= 4 is 26.0 Å². The molecule has 0 heterocycles. The number of alkyl halides is 1. The SMILES string of the molecule is [B][C@H](COC(=O)c1ccccc1)[C@@H](OC(=O)c1ccccc1)[C@H](F)C=N. The van der Waals surface area contributed by atoms with Gasteiger partial charge in [0.1, 0.15) is 6.10 Å². The molecule has 2 radical (unpaired) electrons. The third-order valence-electron chi connectivity index (χ3n) is 3.56. The molecule has 0 aliphatic heterocycles. The highest BCUT2D eigenvalue weighted by atomic mass is 19.1. The summed E-state index contributed by atoms with van der Waals surface area (Å²) in [6, 6.07) is 16.2. The van der Waals surface area contributed by atoms with E-state index < -0.39 is 30.0 Å². The lowest BCUT2D eigenvalue weighted by Crippen LogP contribution is -2.36. The quantitative estimate of drug-likeness (QED) is 0.450. The molecule has 1 N–H and O–H groups in total. The molecule has 0 saturated carbocycles. The number of benzene rings is 2. The van der Waals surface area contributed by atoms with Crippen LogP contribution in [0.25, 0.3) is 0 Å². The van der Waals surface area contributed by atoms with Gasteiger partial charge in [-0.2, -0.15) is 0 Å².